The van der Waals surface area contributed by atoms with Crippen LogP contribution in [0.25, 0.3) is 0 Å². The van der Waals surface area contributed by atoms with Gasteiger partial charge < -0.3 is 17.6 Å². The highest BCUT2D eigenvalue weighted by atomic mass is 35.5. The molecule has 0 amide bonds. The lowest BCUT2D eigenvalue weighted by Gasteiger charge is -2.08. The zero-order valence-electron chi connectivity index (χ0n) is 9.99. The number of quaternary nitrogens is 1. The van der Waals surface area contributed by atoms with Gasteiger partial charge in [-0.3, -0.25) is 0 Å². The van der Waals surface area contributed by atoms with Gasteiger partial charge >= 0.3 is 6.18 Å². The smallest absolute Gasteiger partial charge is 0.394 e. The Morgan fingerprint density at radius 3 is 2.05 bits per heavy atom. The van der Waals surface area contributed by atoms with Crippen molar-refractivity contribution < 1.29 is 41.9 Å². The number of rotatable bonds is 3. The number of thioether (sulfide) groups is 1. The maximum absolute atomic E-state index is 12.1. The zero-order valence-corrected chi connectivity index (χ0v) is 11.6. The third-order valence-electron chi connectivity index (χ3n) is 1.91. The molecule has 5 N–H and O–H groups in total. The summed E-state index contributed by atoms with van der Waals surface area (Å²) >= 11 is 1.49. The fourth-order valence-electron chi connectivity index (χ4n) is 1.17. The van der Waals surface area contributed by atoms with Gasteiger partial charge in [-0.25, -0.2) is 11.1 Å². The molecule has 0 aromatic heterocycles. The molecule has 0 aliphatic rings. The van der Waals surface area contributed by atoms with Crippen molar-refractivity contribution in [2.75, 3.05) is 6.26 Å². The predicted octanol–water partition coefficient (Wildman–Crippen LogP) is -0.839. The Morgan fingerprint density at radius 2 is 1.74 bits per heavy atom. The van der Waals surface area contributed by atoms with Crippen molar-refractivity contribution in [3.05, 3.63) is 29.8 Å². The van der Waals surface area contributed by atoms with Crippen LogP contribution in [0.4, 0.5) is 13.2 Å². The molecule has 0 spiro atoms. The van der Waals surface area contributed by atoms with E-state index in [1.165, 1.54) is 23.9 Å². The summed E-state index contributed by atoms with van der Waals surface area (Å²) in [5.41, 5.74) is -0.0993. The minimum atomic E-state index is -4.38. The van der Waals surface area contributed by atoms with Crippen molar-refractivity contribution in [3.63, 3.8) is 0 Å². The van der Waals surface area contributed by atoms with Gasteiger partial charge in [0.15, 0.2) is 0 Å². The molecule has 0 saturated carbocycles. The van der Waals surface area contributed by atoms with E-state index in [1.54, 1.807) is 12.1 Å². The average Bonchev–Trinajstić information content (AvgIpc) is 2.37. The van der Waals surface area contributed by atoms with E-state index < -0.39 is 12.6 Å². The van der Waals surface area contributed by atoms with Crippen LogP contribution in [0, 0.1) is 0 Å². The molecule has 1 aromatic rings. The molecule has 110 valence electrons. The first-order valence-corrected chi connectivity index (χ1v) is 5.92. The van der Waals surface area contributed by atoms with E-state index >= 15 is 0 Å². The van der Waals surface area contributed by atoms with Crippen molar-refractivity contribution >= 4 is 17.5 Å². The summed E-state index contributed by atoms with van der Waals surface area (Å²) in [6, 6.07) is 6.38. The van der Waals surface area contributed by atoms with Crippen LogP contribution in [0.3, 0.4) is 0 Å². The van der Waals surface area contributed by atoms with E-state index in [-0.39, 0.29) is 23.7 Å². The number of oxime groups is 1. The standard InChI is InChI=1S/C10H10F3NOS.ClH.H4NO/c1-16-8-4-2-7(3-5-8)9(14-15)6-10(11,12)13;;1-2/h2-5,15H,6H2,1H3;1H;2H,1H3/q;;+1/p-1. The van der Waals surface area contributed by atoms with Gasteiger partial charge in [0.05, 0.1) is 12.1 Å². The molecule has 9 heteroatoms. The van der Waals surface area contributed by atoms with Gasteiger partial charge in [0.25, 0.3) is 0 Å². The number of hydrogen-bond donors (Lipinski definition) is 3. The molecule has 0 aliphatic carbocycles. The summed E-state index contributed by atoms with van der Waals surface area (Å²) in [4.78, 5) is 0.938. The number of benzene rings is 1. The lowest BCUT2D eigenvalue weighted by atomic mass is 10.1. The second-order valence-electron chi connectivity index (χ2n) is 3.07. The van der Waals surface area contributed by atoms with E-state index in [4.69, 9.17) is 10.4 Å². The maximum Gasteiger partial charge on any atom is 0.394 e. The Bertz CT molecular complexity index is 385. The Hall–Kier alpha value is -0.960. The van der Waals surface area contributed by atoms with Crippen LogP contribution >= 0.6 is 11.8 Å². The molecule has 1 rings (SSSR count). The molecule has 0 radical (unpaired) electrons. The van der Waals surface area contributed by atoms with Crippen molar-refractivity contribution in [1.29, 1.82) is 0 Å². The number of alkyl halides is 3. The molecule has 0 aliphatic heterocycles. The lowest BCUT2D eigenvalue weighted by molar-refractivity contribution is -0.670. The molecule has 4 nitrogen and oxygen atoms in total. The van der Waals surface area contributed by atoms with Crippen molar-refractivity contribution in [3.8, 4) is 0 Å². The second-order valence-corrected chi connectivity index (χ2v) is 3.95. The molecule has 0 bridgehead atoms. The summed E-state index contributed by atoms with van der Waals surface area (Å²) in [5, 5.41) is 18.0. The van der Waals surface area contributed by atoms with Crippen molar-refractivity contribution in [2.24, 2.45) is 5.16 Å². The molecular weight excluding hydrogens is 305 g/mol. The summed E-state index contributed by atoms with van der Waals surface area (Å²) in [5.74, 6) is 2.25. The van der Waals surface area contributed by atoms with Gasteiger partial charge in [0, 0.05) is 4.90 Å². The first-order chi connectivity index (χ1) is 8.46. The minimum Gasteiger partial charge on any atom is -1.00 e. The molecule has 0 heterocycles. The molecule has 1 aromatic carbocycles. The Morgan fingerprint density at radius 1 is 1.26 bits per heavy atom. The highest BCUT2D eigenvalue weighted by Gasteiger charge is 2.30. The van der Waals surface area contributed by atoms with E-state index in [1.807, 2.05) is 6.26 Å². The third kappa shape index (κ3) is 7.93. The number of hydrogen-bond acceptors (Lipinski definition) is 4. The van der Waals surface area contributed by atoms with Crippen LogP contribution < -0.4 is 18.3 Å². The highest BCUT2D eigenvalue weighted by molar-refractivity contribution is 7.98. The molecule has 19 heavy (non-hydrogen) atoms. The van der Waals surface area contributed by atoms with Crippen molar-refractivity contribution in [1.82, 2.24) is 0 Å². The Balaban J connectivity index is 0. The van der Waals surface area contributed by atoms with E-state index in [2.05, 4.69) is 11.1 Å². The predicted molar refractivity (Wildman–Crippen MR) is 61.9 cm³/mol. The maximum atomic E-state index is 12.1. The first kappa shape index (κ1) is 20.4. The van der Waals surface area contributed by atoms with Crippen LogP contribution in [0.5, 0.6) is 0 Å². The van der Waals surface area contributed by atoms with E-state index in [9.17, 15) is 13.2 Å². The van der Waals surface area contributed by atoms with Crippen molar-refractivity contribution in [2.45, 2.75) is 17.5 Å². The molecule has 0 fully saturated rings. The van der Waals surface area contributed by atoms with E-state index in [0.717, 1.165) is 4.90 Å². The van der Waals surface area contributed by atoms with Gasteiger partial charge in [0.1, 0.15) is 0 Å². The van der Waals surface area contributed by atoms with Crippen LogP contribution in [-0.2, 0) is 0 Å². The normalized spacial score (nSPS) is 11.2. The largest absolute Gasteiger partial charge is 1.00 e. The topological polar surface area (TPSA) is 80.5 Å². The zero-order chi connectivity index (χ0) is 14.2. The fourth-order valence-corrected chi connectivity index (χ4v) is 1.58. The molecule has 0 unspecified atom stereocenters. The fraction of sp³-hybridized carbons (Fsp3) is 0.300. The molecule has 0 atom stereocenters. The lowest BCUT2D eigenvalue weighted by Crippen LogP contribution is -3.00. The van der Waals surface area contributed by atoms with Gasteiger partial charge in [-0.1, -0.05) is 17.3 Å². The highest BCUT2D eigenvalue weighted by Crippen LogP contribution is 2.23. The van der Waals surface area contributed by atoms with Gasteiger partial charge in [-0.2, -0.15) is 13.2 Å². The molecule has 0 saturated heterocycles. The van der Waals surface area contributed by atoms with Gasteiger partial charge in [0.2, 0.25) is 0 Å². The summed E-state index contributed by atoms with van der Waals surface area (Å²) in [7, 11) is 0. The van der Waals surface area contributed by atoms with E-state index in [0.29, 0.717) is 0 Å². The number of nitrogens with zero attached hydrogens (tertiary/aromatic N) is 1. The third-order valence-corrected chi connectivity index (χ3v) is 2.66. The SMILES string of the molecule is CSc1ccc(C(CC(F)(F)F)=NO)cc1.[Cl-].[NH3+]O. The summed E-state index contributed by atoms with van der Waals surface area (Å²) in [6.07, 6.45) is -3.74. The van der Waals surface area contributed by atoms with Gasteiger partial charge in [-0.05, 0) is 24.0 Å². The van der Waals surface area contributed by atoms with Crippen LogP contribution in [0.2, 0.25) is 0 Å². The summed E-state index contributed by atoms with van der Waals surface area (Å²) in [6.45, 7) is 0. The first-order valence-electron chi connectivity index (χ1n) is 4.70. The Kier molecular flexibility index (Phi) is 10.6. The molecular formula is C10H14ClF3N2O2S. The van der Waals surface area contributed by atoms with Crippen LogP contribution in [-0.4, -0.2) is 28.6 Å². The Labute approximate surface area is 118 Å². The second kappa shape index (κ2) is 9.90. The average molecular weight is 319 g/mol. The van der Waals surface area contributed by atoms with Crippen LogP contribution in [0.15, 0.2) is 34.3 Å². The quantitative estimate of drug-likeness (QED) is 0.294. The summed E-state index contributed by atoms with van der Waals surface area (Å²) < 4.78 is 36.4. The number of halogens is 4. The van der Waals surface area contributed by atoms with Crippen LogP contribution in [0.1, 0.15) is 12.0 Å². The van der Waals surface area contributed by atoms with Gasteiger partial charge in [-0.15, -0.1) is 11.8 Å². The monoisotopic (exact) mass is 318 g/mol. The minimum absolute atomic E-state index is 0.